The molecular weight excluding hydrogens is 292 g/mol. The number of hydrogen-bond acceptors (Lipinski definition) is 3. The van der Waals surface area contributed by atoms with Crippen LogP contribution in [0.1, 0.15) is 28.9 Å². The van der Waals surface area contributed by atoms with Crippen molar-refractivity contribution in [3.8, 4) is 0 Å². The second kappa shape index (κ2) is 6.69. The molecule has 4 heteroatoms. The molecule has 0 radical (unpaired) electrons. The summed E-state index contributed by atoms with van der Waals surface area (Å²) in [4.78, 5) is 19.6. The SMILES string of the molecule is CSC[C@@H]1CCCN(C(=O)c2cc(C)nc3ccccc23)C1. The van der Waals surface area contributed by atoms with E-state index in [1.165, 1.54) is 6.42 Å². The fraction of sp³-hybridized carbons (Fsp3) is 0.444. The molecule has 0 saturated carbocycles. The highest BCUT2D eigenvalue weighted by molar-refractivity contribution is 7.98. The number of aryl methyl sites for hydroxylation is 1. The fourth-order valence-electron chi connectivity index (χ4n) is 3.28. The molecular formula is C18H22N2OS. The molecule has 116 valence electrons. The Morgan fingerprint density at radius 2 is 2.23 bits per heavy atom. The molecule has 3 nitrogen and oxygen atoms in total. The Kier molecular flexibility index (Phi) is 4.67. The Hall–Kier alpha value is -1.55. The lowest BCUT2D eigenvalue weighted by Gasteiger charge is -2.32. The van der Waals surface area contributed by atoms with E-state index in [9.17, 15) is 4.79 Å². The van der Waals surface area contributed by atoms with E-state index in [4.69, 9.17) is 0 Å². The van der Waals surface area contributed by atoms with Crippen molar-refractivity contribution in [1.82, 2.24) is 9.88 Å². The summed E-state index contributed by atoms with van der Waals surface area (Å²) in [7, 11) is 0. The molecule has 1 saturated heterocycles. The summed E-state index contributed by atoms with van der Waals surface area (Å²) in [6.07, 6.45) is 4.49. The maximum absolute atomic E-state index is 13.0. The lowest BCUT2D eigenvalue weighted by atomic mass is 9.98. The maximum atomic E-state index is 13.0. The second-order valence-corrected chi connectivity index (χ2v) is 6.95. The van der Waals surface area contributed by atoms with E-state index < -0.39 is 0 Å². The number of rotatable bonds is 3. The number of thioether (sulfide) groups is 1. The van der Waals surface area contributed by atoms with Gasteiger partial charge in [-0.3, -0.25) is 9.78 Å². The van der Waals surface area contributed by atoms with Crippen LogP contribution in [0.3, 0.4) is 0 Å². The van der Waals surface area contributed by atoms with Gasteiger partial charge in [0.25, 0.3) is 5.91 Å². The van der Waals surface area contributed by atoms with Gasteiger partial charge in [0.1, 0.15) is 0 Å². The first-order valence-corrected chi connectivity index (χ1v) is 9.23. The number of aromatic nitrogens is 1. The number of amides is 1. The summed E-state index contributed by atoms with van der Waals surface area (Å²) in [5.74, 6) is 1.93. The summed E-state index contributed by atoms with van der Waals surface area (Å²) < 4.78 is 0. The number of para-hydroxylation sites is 1. The topological polar surface area (TPSA) is 33.2 Å². The molecule has 0 spiro atoms. The van der Waals surface area contributed by atoms with Crippen LogP contribution in [0.15, 0.2) is 30.3 Å². The van der Waals surface area contributed by atoms with Gasteiger partial charge < -0.3 is 4.90 Å². The second-order valence-electron chi connectivity index (χ2n) is 6.04. The minimum absolute atomic E-state index is 0.160. The smallest absolute Gasteiger partial charge is 0.254 e. The molecule has 0 aliphatic carbocycles. The summed E-state index contributed by atoms with van der Waals surface area (Å²) in [5.41, 5.74) is 2.61. The van der Waals surface area contributed by atoms with Crippen molar-refractivity contribution in [2.75, 3.05) is 25.1 Å². The van der Waals surface area contributed by atoms with Gasteiger partial charge in [-0.2, -0.15) is 11.8 Å². The fourth-order valence-corrected chi connectivity index (χ4v) is 4.02. The third-order valence-corrected chi connectivity index (χ3v) is 5.09. The molecule has 1 aromatic carbocycles. The number of likely N-dealkylation sites (tertiary alicyclic amines) is 1. The molecule has 0 unspecified atom stereocenters. The largest absolute Gasteiger partial charge is 0.338 e. The lowest BCUT2D eigenvalue weighted by Crippen LogP contribution is -2.40. The monoisotopic (exact) mass is 314 g/mol. The number of nitrogens with zero attached hydrogens (tertiary/aromatic N) is 2. The Morgan fingerprint density at radius 1 is 1.41 bits per heavy atom. The van der Waals surface area contributed by atoms with Gasteiger partial charge in [0.15, 0.2) is 0 Å². The zero-order valence-electron chi connectivity index (χ0n) is 13.2. The van der Waals surface area contributed by atoms with Crippen molar-refractivity contribution in [2.24, 2.45) is 5.92 Å². The van der Waals surface area contributed by atoms with Gasteiger partial charge in [0.2, 0.25) is 0 Å². The molecule has 1 aliphatic heterocycles. The highest BCUT2D eigenvalue weighted by Crippen LogP contribution is 2.24. The van der Waals surface area contributed by atoms with Crippen LogP contribution in [-0.2, 0) is 0 Å². The summed E-state index contributed by atoms with van der Waals surface area (Å²) in [6, 6.07) is 9.86. The Morgan fingerprint density at radius 3 is 3.05 bits per heavy atom. The number of benzene rings is 1. The summed E-state index contributed by atoms with van der Waals surface area (Å²) in [6.45, 7) is 3.71. The van der Waals surface area contributed by atoms with Crippen LogP contribution < -0.4 is 0 Å². The van der Waals surface area contributed by atoms with Crippen molar-refractivity contribution in [2.45, 2.75) is 19.8 Å². The number of piperidine rings is 1. The molecule has 2 aromatic rings. The predicted octanol–water partition coefficient (Wildman–Crippen LogP) is 3.76. The van der Waals surface area contributed by atoms with Crippen LogP contribution in [0.4, 0.5) is 0 Å². The number of hydrogen-bond donors (Lipinski definition) is 0. The minimum Gasteiger partial charge on any atom is -0.338 e. The number of carbonyl (C=O) groups is 1. The number of pyridine rings is 1. The Balaban J connectivity index is 1.91. The molecule has 2 heterocycles. The molecule has 0 bridgehead atoms. The van der Waals surface area contributed by atoms with E-state index in [0.29, 0.717) is 5.92 Å². The van der Waals surface area contributed by atoms with E-state index in [1.54, 1.807) is 0 Å². The first-order valence-electron chi connectivity index (χ1n) is 7.83. The van der Waals surface area contributed by atoms with Crippen LogP contribution >= 0.6 is 11.8 Å². The van der Waals surface area contributed by atoms with Gasteiger partial charge in [-0.15, -0.1) is 0 Å². The third kappa shape index (κ3) is 3.12. The summed E-state index contributed by atoms with van der Waals surface area (Å²) in [5, 5.41) is 0.963. The molecule has 1 fully saturated rings. The molecule has 0 N–H and O–H groups in total. The van der Waals surface area contributed by atoms with Gasteiger partial charge in [0, 0.05) is 24.2 Å². The van der Waals surface area contributed by atoms with Crippen molar-refractivity contribution in [3.05, 3.63) is 41.6 Å². The van der Waals surface area contributed by atoms with E-state index in [1.807, 2.05) is 53.9 Å². The number of fused-ring (bicyclic) bond motifs is 1. The van der Waals surface area contributed by atoms with Crippen LogP contribution in [0.25, 0.3) is 10.9 Å². The Labute approximate surface area is 136 Å². The average Bonchev–Trinajstić information content (AvgIpc) is 2.54. The van der Waals surface area contributed by atoms with Crippen LogP contribution in [0, 0.1) is 12.8 Å². The van der Waals surface area contributed by atoms with Crippen LogP contribution in [0.2, 0.25) is 0 Å². The molecule has 3 rings (SSSR count). The van der Waals surface area contributed by atoms with Crippen molar-refractivity contribution in [3.63, 3.8) is 0 Å². The van der Waals surface area contributed by atoms with Crippen LogP contribution in [-0.4, -0.2) is 40.9 Å². The van der Waals surface area contributed by atoms with Gasteiger partial charge >= 0.3 is 0 Å². The summed E-state index contributed by atoms with van der Waals surface area (Å²) >= 11 is 1.87. The van der Waals surface area contributed by atoms with Gasteiger partial charge in [0.05, 0.1) is 11.1 Å². The molecule has 1 aromatic heterocycles. The van der Waals surface area contributed by atoms with E-state index in [-0.39, 0.29) is 5.91 Å². The first-order chi connectivity index (χ1) is 10.7. The lowest BCUT2D eigenvalue weighted by molar-refractivity contribution is 0.0687. The molecule has 1 amide bonds. The van der Waals surface area contributed by atoms with E-state index in [0.717, 1.165) is 47.4 Å². The Bertz CT molecular complexity index is 684. The van der Waals surface area contributed by atoms with Crippen LogP contribution in [0.5, 0.6) is 0 Å². The van der Waals surface area contributed by atoms with Gasteiger partial charge in [-0.1, -0.05) is 18.2 Å². The van der Waals surface area contributed by atoms with Crippen molar-refractivity contribution < 1.29 is 4.79 Å². The maximum Gasteiger partial charge on any atom is 0.254 e. The third-order valence-electron chi connectivity index (χ3n) is 4.28. The van der Waals surface area contributed by atoms with Gasteiger partial charge in [-0.25, -0.2) is 0 Å². The van der Waals surface area contributed by atoms with E-state index in [2.05, 4.69) is 11.2 Å². The van der Waals surface area contributed by atoms with Crippen molar-refractivity contribution >= 4 is 28.6 Å². The molecule has 1 aliphatic rings. The highest BCUT2D eigenvalue weighted by Gasteiger charge is 2.25. The number of carbonyl (C=O) groups excluding carboxylic acids is 1. The average molecular weight is 314 g/mol. The highest BCUT2D eigenvalue weighted by atomic mass is 32.2. The normalized spacial score (nSPS) is 18.6. The molecule has 22 heavy (non-hydrogen) atoms. The first kappa shape index (κ1) is 15.3. The standard InChI is InChI=1S/C18H22N2OS/c1-13-10-16(15-7-3-4-8-17(15)19-13)18(21)20-9-5-6-14(11-20)12-22-2/h3-4,7-8,10,14H,5-6,9,11-12H2,1-2H3/t14-/m1/s1. The minimum atomic E-state index is 0.160. The zero-order chi connectivity index (χ0) is 15.5. The molecule has 1 atom stereocenters. The quantitative estimate of drug-likeness (QED) is 0.865. The zero-order valence-corrected chi connectivity index (χ0v) is 14.0. The predicted molar refractivity (Wildman–Crippen MR) is 93.5 cm³/mol. The van der Waals surface area contributed by atoms with Crippen molar-refractivity contribution in [1.29, 1.82) is 0 Å². The van der Waals surface area contributed by atoms with E-state index >= 15 is 0 Å². The van der Waals surface area contributed by atoms with Gasteiger partial charge in [-0.05, 0) is 49.8 Å².